The van der Waals surface area contributed by atoms with E-state index < -0.39 is 12.1 Å². The number of hydrogen-bond acceptors (Lipinski definition) is 5. The molecule has 0 aromatic carbocycles. The first-order valence-corrected chi connectivity index (χ1v) is 35.6. The van der Waals surface area contributed by atoms with Crippen LogP contribution < -0.4 is 5.32 Å². The molecule has 0 bridgehead atoms. The molecule has 0 fully saturated rings. The van der Waals surface area contributed by atoms with Gasteiger partial charge in [-0.25, -0.2) is 0 Å². The van der Waals surface area contributed by atoms with Crippen LogP contribution in [0.25, 0.3) is 0 Å². The molecular weight excluding hydrogens is 959 g/mol. The molecule has 2 atom stereocenters. The molecule has 78 heavy (non-hydrogen) atoms. The third-order valence-corrected chi connectivity index (χ3v) is 16.7. The summed E-state index contributed by atoms with van der Waals surface area (Å²) in [7, 11) is 0. The molecule has 6 nitrogen and oxygen atoms in total. The number of ether oxygens (including phenoxy) is 1. The lowest BCUT2D eigenvalue weighted by Gasteiger charge is -2.20. The number of carbonyl (C=O) groups excluding carboxylic acids is 2. The van der Waals surface area contributed by atoms with Crippen LogP contribution >= 0.6 is 0 Å². The number of esters is 1. The van der Waals surface area contributed by atoms with Crippen molar-refractivity contribution in [3.8, 4) is 0 Å². The standard InChI is InChI=1S/C72H139NO5/c1-3-5-7-9-11-13-15-17-18-19-20-21-22-25-28-31-34-37-41-44-48-52-56-60-64-70(75)69(68-74)73-71(76)65-61-57-53-49-45-42-38-35-32-29-26-23-24-27-30-33-36-39-43-47-51-55-59-63-67-78-72(77)66-62-58-54-50-46-40-16-14-12-10-8-6-4-2/h14,16,60,64,69-70,74-75H,3-13,15,17-59,61-63,65-68H2,1-2H3,(H,73,76)/b16-14-,64-60+. The van der Waals surface area contributed by atoms with Crippen molar-refractivity contribution < 1.29 is 24.5 Å². The fraction of sp³-hybridized carbons (Fsp3) is 0.917. The van der Waals surface area contributed by atoms with Crippen molar-refractivity contribution in [2.75, 3.05) is 13.2 Å². The Morgan fingerprint density at radius 3 is 0.923 bits per heavy atom. The van der Waals surface area contributed by atoms with Crippen molar-refractivity contribution in [3.63, 3.8) is 0 Å². The summed E-state index contributed by atoms with van der Waals surface area (Å²) in [6.07, 6.45) is 85.4. The third-order valence-electron chi connectivity index (χ3n) is 16.7. The van der Waals surface area contributed by atoms with E-state index in [4.69, 9.17) is 4.74 Å². The Kier molecular flexibility index (Phi) is 66.4. The summed E-state index contributed by atoms with van der Waals surface area (Å²) in [6.45, 7) is 4.93. The molecule has 0 rings (SSSR count). The van der Waals surface area contributed by atoms with E-state index in [1.807, 2.05) is 6.08 Å². The highest BCUT2D eigenvalue weighted by Crippen LogP contribution is 2.19. The predicted molar refractivity (Wildman–Crippen MR) is 343 cm³/mol. The topological polar surface area (TPSA) is 95.9 Å². The van der Waals surface area contributed by atoms with Gasteiger partial charge in [0.2, 0.25) is 5.91 Å². The van der Waals surface area contributed by atoms with Crippen LogP contribution in [0.4, 0.5) is 0 Å². The van der Waals surface area contributed by atoms with E-state index >= 15 is 0 Å². The van der Waals surface area contributed by atoms with Crippen LogP contribution in [0.1, 0.15) is 399 Å². The van der Waals surface area contributed by atoms with Gasteiger partial charge in [0.05, 0.1) is 25.4 Å². The van der Waals surface area contributed by atoms with Gasteiger partial charge in [-0.3, -0.25) is 9.59 Å². The minimum absolute atomic E-state index is 0.00650. The fourth-order valence-electron chi connectivity index (χ4n) is 11.3. The third kappa shape index (κ3) is 63.5. The predicted octanol–water partition coefficient (Wildman–Crippen LogP) is 22.9. The number of nitrogens with one attached hydrogen (secondary N) is 1. The van der Waals surface area contributed by atoms with Crippen LogP contribution in [-0.2, 0) is 14.3 Å². The van der Waals surface area contributed by atoms with Gasteiger partial charge in [0.15, 0.2) is 0 Å². The van der Waals surface area contributed by atoms with Crippen LogP contribution in [-0.4, -0.2) is 47.4 Å². The van der Waals surface area contributed by atoms with Crippen molar-refractivity contribution in [1.29, 1.82) is 0 Å². The number of hydrogen-bond donors (Lipinski definition) is 3. The Morgan fingerprint density at radius 1 is 0.346 bits per heavy atom. The van der Waals surface area contributed by atoms with Crippen molar-refractivity contribution >= 4 is 11.9 Å². The summed E-state index contributed by atoms with van der Waals surface area (Å²) in [5, 5.41) is 23.3. The second-order valence-electron chi connectivity index (χ2n) is 24.6. The summed E-state index contributed by atoms with van der Waals surface area (Å²) < 4.78 is 5.48. The van der Waals surface area contributed by atoms with Gasteiger partial charge in [0.1, 0.15) is 0 Å². The van der Waals surface area contributed by atoms with Crippen LogP contribution in [0.15, 0.2) is 24.3 Å². The zero-order valence-corrected chi connectivity index (χ0v) is 52.9. The van der Waals surface area contributed by atoms with E-state index in [0.29, 0.717) is 19.4 Å². The average Bonchev–Trinajstić information content (AvgIpc) is 3.44. The second-order valence-corrected chi connectivity index (χ2v) is 24.6. The summed E-state index contributed by atoms with van der Waals surface area (Å²) >= 11 is 0. The maximum Gasteiger partial charge on any atom is 0.305 e. The number of carbonyl (C=O) groups is 2. The summed E-state index contributed by atoms with van der Waals surface area (Å²) in [6, 6.07) is -0.628. The van der Waals surface area contributed by atoms with Gasteiger partial charge < -0.3 is 20.3 Å². The fourth-order valence-corrected chi connectivity index (χ4v) is 11.3. The first kappa shape index (κ1) is 76.3. The first-order valence-electron chi connectivity index (χ1n) is 35.6. The monoisotopic (exact) mass is 1100 g/mol. The molecule has 2 unspecified atom stereocenters. The molecule has 462 valence electrons. The van der Waals surface area contributed by atoms with Gasteiger partial charge in [-0.1, -0.05) is 353 Å². The lowest BCUT2D eigenvalue weighted by atomic mass is 10.0. The highest BCUT2D eigenvalue weighted by atomic mass is 16.5. The molecule has 0 saturated carbocycles. The average molecular weight is 1100 g/mol. The summed E-state index contributed by atoms with van der Waals surface area (Å²) in [5.41, 5.74) is 0. The first-order chi connectivity index (χ1) is 38.5. The number of unbranched alkanes of at least 4 members (excludes halogenated alkanes) is 54. The van der Waals surface area contributed by atoms with Gasteiger partial charge in [0.25, 0.3) is 0 Å². The van der Waals surface area contributed by atoms with E-state index in [2.05, 4.69) is 31.3 Å². The van der Waals surface area contributed by atoms with Gasteiger partial charge in [-0.15, -0.1) is 0 Å². The molecule has 0 aromatic heterocycles. The van der Waals surface area contributed by atoms with E-state index in [0.717, 1.165) is 44.9 Å². The highest BCUT2D eigenvalue weighted by Gasteiger charge is 2.18. The molecule has 3 N–H and O–H groups in total. The Morgan fingerprint density at radius 2 is 0.603 bits per heavy atom. The number of aliphatic hydroxyl groups excluding tert-OH is 2. The Hall–Kier alpha value is -1.66. The number of rotatable bonds is 67. The van der Waals surface area contributed by atoms with Crippen molar-refractivity contribution in [2.45, 2.75) is 411 Å². The van der Waals surface area contributed by atoms with Gasteiger partial charge >= 0.3 is 5.97 Å². The SMILES string of the molecule is CCCCCC/C=C\CCCCCCCC(=O)OCCCCCCCCCCCCCCCCCCCCCCCCCCC(=O)NC(CO)C(O)/C=C/CCCCCCCCCCCCCCCCCCCCCCCC. The van der Waals surface area contributed by atoms with E-state index in [9.17, 15) is 19.8 Å². The Bertz CT molecular complexity index is 1220. The van der Waals surface area contributed by atoms with Crippen LogP contribution in [0, 0.1) is 0 Å². The molecule has 0 heterocycles. The lowest BCUT2D eigenvalue weighted by molar-refractivity contribution is -0.143. The molecule has 0 aromatic rings. The quantitative estimate of drug-likeness (QED) is 0.0320. The maximum absolute atomic E-state index is 12.5. The molecule has 0 saturated heterocycles. The number of aliphatic hydroxyl groups is 2. The molecule has 0 aliphatic carbocycles. The minimum atomic E-state index is -0.845. The molecule has 6 heteroatoms. The van der Waals surface area contributed by atoms with E-state index in [1.165, 1.54) is 327 Å². The summed E-state index contributed by atoms with van der Waals surface area (Å²) in [4.78, 5) is 24.6. The molecule has 1 amide bonds. The normalized spacial score (nSPS) is 12.6. The second kappa shape index (κ2) is 67.8. The van der Waals surface area contributed by atoms with Gasteiger partial charge in [-0.05, 0) is 57.8 Å². The maximum atomic E-state index is 12.5. The minimum Gasteiger partial charge on any atom is -0.466 e. The number of amides is 1. The smallest absolute Gasteiger partial charge is 0.305 e. The molecule has 0 aliphatic heterocycles. The molecule has 0 radical (unpaired) electrons. The number of allylic oxidation sites excluding steroid dienone is 3. The zero-order valence-electron chi connectivity index (χ0n) is 52.9. The summed E-state index contributed by atoms with van der Waals surface area (Å²) in [5.74, 6) is -0.0558. The molecule has 0 spiro atoms. The molecular formula is C72H139NO5. The van der Waals surface area contributed by atoms with Gasteiger partial charge in [0, 0.05) is 12.8 Å². The van der Waals surface area contributed by atoms with E-state index in [1.54, 1.807) is 6.08 Å². The highest BCUT2D eigenvalue weighted by molar-refractivity contribution is 5.76. The van der Waals surface area contributed by atoms with Crippen LogP contribution in [0.2, 0.25) is 0 Å². The van der Waals surface area contributed by atoms with Crippen molar-refractivity contribution in [1.82, 2.24) is 5.32 Å². The van der Waals surface area contributed by atoms with E-state index in [-0.39, 0.29) is 18.5 Å². The van der Waals surface area contributed by atoms with Gasteiger partial charge in [-0.2, -0.15) is 0 Å². The lowest BCUT2D eigenvalue weighted by Crippen LogP contribution is -2.45. The zero-order chi connectivity index (χ0) is 56.4. The van der Waals surface area contributed by atoms with Crippen molar-refractivity contribution in [3.05, 3.63) is 24.3 Å². The Balaban J connectivity index is 3.40. The Labute approximate surface area is 488 Å². The van der Waals surface area contributed by atoms with Crippen LogP contribution in [0.3, 0.4) is 0 Å². The molecule has 0 aliphatic rings. The van der Waals surface area contributed by atoms with Crippen LogP contribution in [0.5, 0.6) is 0 Å². The largest absolute Gasteiger partial charge is 0.466 e. The van der Waals surface area contributed by atoms with Crippen molar-refractivity contribution in [2.24, 2.45) is 0 Å².